The van der Waals surface area contributed by atoms with E-state index in [1.165, 1.54) is 12.1 Å². The fraction of sp³-hybridized carbons (Fsp3) is 0.250. The lowest BCUT2D eigenvalue weighted by molar-refractivity contribution is -0.134. The Labute approximate surface area is 165 Å². The second-order valence-electron chi connectivity index (χ2n) is 6.91. The van der Waals surface area contributed by atoms with Crippen molar-refractivity contribution < 1.29 is 18.8 Å². The predicted octanol–water partition coefficient (Wildman–Crippen LogP) is 3.20. The van der Waals surface area contributed by atoms with E-state index in [0.29, 0.717) is 6.42 Å². The summed E-state index contributed by atoms with van der Waals surface area (Å²) in [5, 5.41) is 5.19. The van der Waals surface area contributed by atoms with Crippen LogP contribution in [0.5, 0.6) is 0 Å². The van der Waals surface area contributed by atoms with Gasteiger partial charge in [0.25, 0.3) is 5.91 Å². The molecule has 1 heterocycles. The topological polar surface area (TPSA) is 78.5 Å². The minimum Gasteiger partial charge on any atom is -0.324 e. The van der Waals surface area contributed by atoms with Crippen LogP contribution in [0.1, 0.15) is 24.0 Å². The number of urea groups is 1. The van der Waals surface area contributed by atoms with Gasteiger partial charge in [-0.05, 0) is 48.6 Å². The minimum absolute atomic E-state index is 0.134. The minimum atomic E-state index is -1.12. The molecule has 1 unspecified atom stereocenters. The zero-order valence-corrected chi connectivity index (χ0v) is 15.6. The fourth-order valence-corrected chi connectivity index (χ4v) is 4.05. The van der Waals surface area contributed by atoms with Gasteiger partial charge in [-0.3, -0.25) is 14.5 Å². The number of nitrogens with zero attached hydrogens (tertiary/aromatic N) is 1. The molecule has 2 aromatic rings. The molecule has 0 aromatic heterocycles. The molecule has 1 spiro atoms. The van der Waals surface area contributed by atoms with Crippen molar-refractivity contribution in [3.8, 4) is 0 Å². The number of rotatable bonds is 3. The summed E-state index contributed by atoms with van der Waals surface area (Å²) in [6.07, 6.45) is 2.09. The average Bonchev–Trinajstić information content (AvgIpc) is 2.90. The molecule has 1 aliphatic carbocycles. The maximum absolute atomic E-state index is 13.2. The summed E-state index contributed by atoms with van der Waals surface area (Å²) in [4.78, 5) is 38.9. The molecule has 1 fully saturated rings. The first-order valence-electron chi connectivity index (χ1n) is 8.88. The molecule has 2 aliphatic rings. The van der Waals surface area contributed by atoms with Crippen molar-refractivity contribution >= 4 is 35.1 Å². The molecule has 8 heteroatoms. The normalized spacial score (nSPS) is 20.9. The summed E-state index contributed by atoms with van der Waals surface area (Å²) in [5.41, 5.74) is 0.967. The summed E-state index contributed by atoms with van der Waals surface area (Å²) >= 11 is 5.70. The van der Waals surface area contributed by atoms with E-state index in [4.69, 9.17) is 11.6 Å². The molecular weight excluding hydrogens is 385 g/mol. The average molecular weight is 402 g/mol. The monoisotopic (exact) mass is 401 g/mol. The zero-order valence-electron chi connectivity index (χ0n) is 14.8. The number of carbonyl (C=O) groups excluding carboxylic acids is 3. The third kappa shape index (κ3) is 3.01. The predicted molar refractivity (Wildman–Crippen MR) is 101 cm³/mol. The van der Waals surface area contributed by atoms with E-state index in [-0.39, 0.29) is 10.7 Å². The second kappa shape index (κ2) is 6.91. The smallest absolute Gasteiger partial charge is 0.324 e. The Morgan fingerprint density at radius 3 is 2.82 bits per heavy atom. The SMILES string of the molecule is O=C(CN1C(=O)NC2(CCCc3ccccc32)C1=O)Nc1ccc(F)c(Cl)c1. The highest BCUT2D eigenvalue weighted by atomic mass is 35.5. The lowest BCUT2D eigenvalue weighted by Crippen LogP contribution is -2.47. The third-order valence-electron chi connectivity index (χ3n) is 5.16. The van der Waals surface area contributed by atoms with Crippen molar-refractivity contribution in [3.63, 3.8) is 0 Å². The largest absolute Gasteiger partial charge is 0.325 e. The third-order valence-corrected chi connectivity index (χ3v) is 5.45. The van der Waals surface area contributed by atoms with Crippen LogP contribution in [0, 0.1) is 5.82 Å². The van der Waals surface area contributed by atoms with Gasteiger partial charge in [0.1, 0.15) is 17.9 Å². The Kier molecular flexibility index (Phi) is 4.55. The lowest BCUT2D eigenvalue weighted by atomic mass is 9.76. The summed E-state index contributed by atoms with van der Waals surface area (Å²) < 4.78 is 13.2. The molecule has 2 N–H and O–H groups in total. The number of aryl methyl sites for hydroxylation is 1. The van der Waals surface area contributed by atoms with Crippen LogP contribution in [0.2, 0.25) is 5.02 Å². The molecule has 6 nitrogen and oxygen atoms in total. The number of fused-ring (bicyclic) bond motifs is 2. The number of halogens is 2. The number of hydrogen-bond acceptors (Lipinski definition) is 3. The van der Waals surface area contributed by atoms with Crippen molar-refractivity contribution in [2.75, 3.05) is 11.9 Å². The molecule has 4 rings (SSSR count). The Morgan fingerprint density at radius 2 is 2.04 bits per heavy atom. The second-order valence-corrected chi connectivity index (χ2v) is 7.32. The van der Waals surface area contributed by atoms with Crippen LogP contribution in [0.4, 0.5) is 14.9 Å². The first-order valence-corrected chi connectivity index (χ1v) is 9.26. The maximum Gasteiger partial charge on any atom is 0.325 e. The number of anilines is 1. The van der Waals surface area contributed by atoms with Gasteiger partial charge in [0.2, 0.25) is 5.91 Å². The molecule has 144 valence electrons. The molecule has 1 atom stereocenters. The van der Waals surface area contributed by atoms with Crippen LogP contribution in [-0.4, -0.2) is 29.3 Å². The van der Waals surface area contributed by atoms with Gasteiger partial charge in [0.15, 0.2) is 0 Å². The van der Waals surface area contributed by atoms with Gasteiger partial charge in [-0.25, -0.2) is 9.18 Å². The Bertz CT molecular complexity index is 996. The summed E-state index contributed by atoms with van der Waals surface area (Å²) in [5.74, 6) is -1.61. The Balaban J connectivity index is 1.54. The highest BCUT2D eigenvalue weighted by Gasteiger charge is 2.54. The van der Waals surface area contributed by atoms with Crippen LogP contribution >= 0.6 is 11.6 Å². The Hall–Kier alpha value is -2.93. The standard InChI is InChI=1S/C20H17ClFN3O3/c21-15-10-13(7-8-16(15)22)23-17(26)11-25-18(27)20(24-19(25)28)9-3-5-12-4-1-2-6-14(12)20/h1-2,4,6-8,10H,3,5,9,11H2,(H,23,26)(H,24,28). The first-order chi connectivity index (χ1) is 13.4. The molecule has 1 aliphatic heterocycles. The molecule has 0 radical (unpaired) electrons. The van der Waals surface area contributed by atoms with Crippen LogP contribution < -0.4 is 10.6 Å². The van der Waals surface area contributed by atoms with Gasteiger partial charge < -0.3 is 10.6 Å². The number of benzene rings is 2. The van der Waals surface area contributed by atoms with E-state index in [9.17, 15) is 18.8 Å². The van der Waals surface area contributed by atoms with Crippen LogP contribution in [0.15, 0.2) is 42.5 Å². The van der Waals surface area contributed by atoms with E-state index in [1.54, 1.807) is 0 Å². The van der Waals surface area contributed by atoms with E-state index in [1.807, 2.05) is 24.3 Å². The van der Waals surface area contributed by atoms with E-state index < -0.39 is 35.7 Å². The zero-order chi connectivity index (χ0) is 19.9. The molecule has 0 bridgehead atoms. The van der Waals surface area contributed by atoms with Gasteiger partial charge >= 0.3 is 6.03 Å². The number of hydrogen-bond donors (Lipinski definition) is 2. The maximum atomic E-state index is 13.2. The van der Waals surface area contributed by atoms with Crippen molar-refractivity contribution in [2.24, 2.45) is 0 Å². The van der Waals surface area contributed by atoms with Gasteiger partial charge in [-0.15, -0.1) is 0 Å². The van der Waals surface area contributed by atoms with Gasteiger partial charge in [0.05, 0.1) is 5.02 Å². The fourth-order valence-electron chi connectivity index (χ4n) is 3.87. The molecule has 0 saturated carbocycles. The van der Waals surface area contributed by atoms with Gasteiger partial charge in [-0.1, -0.05) is 35.9 Å². The highest BCUT2D eigenvalue weighted by Crippen LogP contribution is 2.39. The molecular formula is C20H17ClFN3O3. The van der Waals surface area contributed by atoms with Crippen molar-refractivity contribution in [3.05, 3.63) is 64.4 Å². The quantitative estimate of drug-likeness (QED) is 0.775. The van der Waals surface area contributed by atoms with Crippen LogP contribution in [0.25, 0.3) is 0 Å². The molecule has 4 amide bonds. The number of amides is 4. The van der Waals surface area contributed by atoms with E-state index >= 15 is 0 Å². The molecule has 1 saturated heterocycles. The number of carbonyl (C=O) groups is 3. The summed E-state index contributed by atoms with van der Waals surface area (Å²) in [6.45, 7) is -0.441. The summed E-state index contributed by atoms with van der Waals surface area (Å²) in [6, 6.07) is 10.7. The number of nitrogens with one attached hydrogen (secondary N) is 2. The van der Waals surface area contributed by atoms with Gasteiger partial charge in [-0.2, -0.15) is 0 Å². The molecule has 28 heavy (non-hydrogen) atoms. The van der Waals surface area contributed by atoms with Crippen molar-refractivity contribution in [1.29, 1.82) is 0 Å². The van der Waals surface area contributed by atoms with E-state index in [0.717, 1.165) is 34.9 Å². The van der Waals surface area contributed by atoms with Gasteiger partial charge in [0, 0.05) is 5.69 Å². The Morgan fingerprint density at radius 1 is 1.25 bits per heavy atom. The van der Waals surface area contributed by atoms with Crippen LogP contribution in [-0.2, 0) is 21.5 Å². The number of imide groups is 1. The summed E-state index contributed by atoms with van der Waals surface area (Å²) in [7, 11) is 0. The highest BCUT2D eigenvalue weighted by molar-refractivity contribution is 6.31. The molecule has 2 aromatic carbocycles. The lowest BCUT2D eigenvalue weighted by Gasteiger charge is -2.33. The van der Waals surface area contributed by atoms with Crippen molar-refractivity contribution in [1.82, 2.24) is 10.2 Å². The van der Waals surface area contributed by atoms with Crippen molar-refractivity contribution in [2.45, 2.75) is 24.8 Å². The first kappa shape index (κ1) is 18.4. The van der Waals surface area contributed by atoms with E-state index in [2.05, 4.69) is 10.6 Å². The van der Waals surface area contributed by atoms with Crippen LogP contribution in [0.3, 0.4) is 0 Å².